The molecule has 0 fully saturated rings. The minimum absolute atomic E-state index is 0.00738. The number of carboxylic acid groups (broad SMARTS) is 1. The smallest absolute Gasteiger partial charge is 0.354 e. The lowest BCUT2D eigenvalue weighted by molar-refractivity contribution is 0.0690. The molecule has 0 radical (unpaired) electrons. The van der Waals surface area contributed by atoms with Gasteiger partial charge in [-0.3, -0.25) is 4.68 Å². The van der Waals surface area contributed by atoms with Crippen molar-refractivity contribution in [3.05, 3.63) is 22.6 Å². The molecule has 2 aromatic heterocycles. The molecule has 5 nitrogen and oxygen atoms in total. The van der Waals surface area contributed by atoms with Crippen molar-refractivity contribution in [1.82, 2.24) is 14.8 Å². The zero-order valence-electron chi connectivity index (χ0n) is 7.23. The number of pyridine rings is 1. The first-order chi connectivity index (χ1) is 6.59. The van der Waals surface area contributed by atoms with E-state index in [1.807, 2.05) is 0 Å². The minimum atomic E-state index is -1.05. The highest BCUT2D eigenvalue weighted by atomic mass is 79.9. The molecule has 0 aliphatic rings. The summed E-state index contributed by atoms with van der Waals surface area (Å²) in [7, 11) is 1.75. The zero-order chi connectivity index (χ0) is 10.3. The second kappa shape index (κ2) is 3.06. The van der Waals surface area contributed by atoms with Crippen LogP contribution in [0.25, 0.3) is 10.9 Å². The summed E-state index contributed by atoms with van der Waals surface area (Å²) in [6, 6.07) is 1.50. The predicted molar refractivity (Wildman–Crippen MR) is 53.2 cm³/mol. The van der Waals surface area contributed by atoms with Crippen LogP contribution in [0.4, 0.5) is 0 Å². The normalized spacial score (nSPS) is 10.7. The van der Waals surface area contributed by atoms with Crippen molar-refractivity contribution in [2.24, 2.45) is 7.05 Å². The fourth-order valence-electron chi connectivity index (χ4n) is 1.21. The van der Waals surface area contributed by atoms with Crippen LogP contribution in [-0.2, 0) is 7.05 Å². The first-order valence-corrected chi connectivity index (χ1v) is 4.60. The van der Waals surface area contributed by atoms with Gasteiger partial charge in [-0.2, -0.15) is 5.10 Å². The third-order valence-electron chi connectivity index (χ3n) is 1.92. The average Bonchev–Trinajstić information content (AvgIpc) is 2.48. The van der Waals surface area contributed by atoms with Gasteiger partial charge in [-0.25, -0.2) is 9.78 Å². The molecule has 6 heteroatoms. The Morgan fingerprint density at radius 3 is 3.00 bits per heavy atom. The second-order valence-electron chi connectivity index (χ2n) is 2.80. The van der Waals surface area contributed by atoms with Crippen molar-refractivity contribution in [3.8, 4) is 0 Å². The second-order valence-corrected chi connectivity index (χ2v) is 3.56. The molecule has 0 aliphatic heterocycles. The van der Waals surface area contributed by atoms with Crippen molar-refractivity contribution < 1.29 is 9.90 Å². The van der Waals surface area contributed by atoms with Gasteiger partial charge in [0.1, 0.15) is 4.60 Å². The fourth-order valence-corrected chi connectivity index (χ4v) is 1.71. The Morgan fingerprint density at radius 2 is 2.36 bits per heavy atom. The third kappa shape index (κ3) is 1.27. The number of rotatable bonds is 1. The third-order valence-corrected chi connectivity index (χ3v) is 2.52. The lowest BCUT2D eigenvalue weighted by Crippen LogP contribution is -2.01. The summed E-state index contributed by atoms with van der Waals surface area (Å²) in [5, 5.41) is 13.6. The molecular weight excluding hydrogens is 250 g/mol. The maximum absolute atomic E-state index is 10.7. The van der Waals surface area contributed by atoms with Crippen molar-refractivity contribution in [1.29, 1.82) is 0 Å². The van der Waals surface area contributed by atoms with E-state index >= 15 is 0 Å². The average molecular weight is 256 g/mol. The molecule has 0 aromatic carbocycles. The van der Waals surface area contributed by atoms with Crippen molar-refractivity contribution in [3.63, 3.8) is 0 Å². The number of nitrogens with zero attached hydrogens (tertiary/aromatic N) is 3. The molecule has 72 valence electrons. The zero-order valence-corrected chi connectivity index (χ0v) is 8.82. The van der Waals surface area contributed by atoms with Gasteiger partial charge in [-0.15, -0.1) is 0 Å². The Bertz CT molecular complexity index is 521. The van der Waals surface area contributed by atoms with Gasteiger partial charge in [-0.05, 0) is 22.0 Å². The van der Waals surface area contributed by atoms with Crippen LogP contribution in [0.2, 0.25) is 0 Å². The molecule has 0 unspecified atom stereocenters. The molecule has 0 aliphatic carbocycles. The SMILES string of the molecule is Cn1ncc2c(Br)nc(C(=O)O)cc21. The Hall–Kier alpha value is -1.43. The molecule has 0 saturated heterocycles. The largest absolute Gasteiger partial charge is 0.477 e. The molecule has 0 amide bonds. The fraction of sp³-hybridized carbons (Fsp3) is 0.125. The van der Waals surface area contributed by atoms with Crippen LogP contribution in [0, 0.1) is 0 Å². The van der Waals surface area contributed by atoms with E-state index in [1.165, 1.54) is 6.07 Å². The maximum Gasteiger partial charge on any atom is 0.354 e. The van der Waals surface area contributed by atoms with E-state index in [2.05, 4.69) is 26.0 Å². The van der Waals surface area contributed by atoms with Gasteiger partial charge in [0.2, 0.25) is 0 Å². The summed E-state index contributed by atoms with van der Waals surface area (Å²) in [4.78, 5) is 14.6. The first-order valence-electron chi connectivity index (χ1n) is 3.81. The van der Waals surface area contributed by atoms with E-state index in [1.54, 1.807) is 17.9 Å². The van der Waals surface area contributed by atoms with Gasteiger partial charge in [0.05, 0.1) is 17.1 Å². The number of aromatic carboxylic acids is 1. The highest BCUT2D eigenvalue weighted by Crippen LogP contribution is 2.22. The maximum atomic E-state index is 10.7. The number of aryl methyl sites for hydroxylation is 1. The molecule has 0 atom stereocenters. The van der Waals surface area contributed by atoms with Crippen molar-refractivity contribution in [2.75, 3.05) is 0 Å². The van der Waals surface area contributed by atoms with Crippen LogP contribution < -0.4 is 0 Å². The molecular formula is C8H6BrN3O2. The highest BCUT2D eigenvalue weighted by Gasteiger charge is 2.11. The van der Waals surface area contributed by atoms with Crippen LogP contribution in [0.3, 0.4) is 0 Å². The number of hydrogen-bond acceptors (Lipinski definition) is 3. The van der Waals surface area contributed by atoms with Gasteiger partial charge in [0.15, 0.2) is 5.69 Å². The van der Waals surface area contributed by atoms with E-state index in [4.69, 9.17) is 5.11 Å². The summed E-state index contributed by atoms with van der Waals surface area (Å²) in [5.74, 6) is -1.05. The van der Waals surface area contributed by atoms with Gasteiger partial charge < -0.3 is 5.11 Å². The number of halogens is 1. The molecule has 0 spiro atoms. The number of fused-ring (bicyclic) bond motifs is 1. The van der Waals surface area contributed by atoms with E-state index in [0.29, 0.717) is 4.60 Å². The molecule has 1 N–H and O–H groups in total. The van der Waals surface area contributed by atoms with Gasteiger partial charge in [-0.1, -0.05) is 0 Å². The van der Waals surface area contributed by atoms with Gasteiger partial charge in [0, 0.05) is 7.05 Å². The van der Waals surface area contributed by atoms with Gasteiger partial charge in [0.25, 0.3) is 0 Å². The quantitative estimate of drug-likeness (QED) is 0.783. The van der Waals surface area contributed by atoms with E-state index in [9.17, 15) is 4.79 Å². The highest BCUT2D eigenvalue weighted by molar-refractivity contribution is 9.10. The van der Waals surface area contributed by atoms with Crippen LogP contribution in [0.1, 0.15) is 10.5 Å². The molecule has 2 rings (SSSR count). The van der Waals surface area contributed by atoms with Crippen LogP contribution in [0.5, 0.6) is 0 Å². The Morgan fingerprint density at radius 1 is 1.64 bits per heavy atom. The molecule has 2 heterocycles. The topological polar surface area (TPSA) is 68.0 Å². The molecule has 14 heavy (non-hydrogen) atoms. The van der Waals surface area contributed by atoms with E-state index in [0.717, 1.165) is 10.9 Å². The summed E-state index contributed by atoms with van der Waals surface area (Å²) in [5.41, 5.74) is 0.747. The van der Waals surface area contributed by atoms with Crippen molar-refractivity contribution >= 4 is 32.8 Å². The first kappa shape index (κ1) is 9.14. The van der Waals surface area contributed by atoms with Crippen LogP contribution >= 0.6 is 15.9 Å². The summed E-state index contributed by atoms with van der Waals surface area (Å²) in [6.45, 7) is 0. The minimum Gasteiger partial charge on any atom is -0.477 e. The molecule has 0 saturated carbocycles. The van der Waals surface area contributed by atoms with E-state index in [-0.39, 0.29) is 5.69 Å². The molecule has 0 bridgehead atoms. The lowest BCUT2D eigenvalue weighted by atomic mass is 10.3. The number of carboxylic acids is 1. The monoisotopic (exact) mass is 255 g/mol. The van der Waals surface area contributed by atoms with Crippen molar-refractivity contribution in [2.45, 2.75) is 0 Å². The van der Waals surface area contributed by atoms with Crippen LogP contribution in [0.15, 0.2) is 16.9 Å². The lowest BCUT2D eigenvalue weighted by Gasteiger charge is -1.98. The number of aromatic nitrogens is 3. The Labute approximate surface area is 87.5 Å². The van der Waals surface area contributed by atoms with Gasteiger partial charge >= 0.3 is 5.97 Å². The summed E-state index contributed by atoms with van der Waals surface area (Å²) >= 11 is 3.20. The number of carbonyl (C=O) groups is 1. The van der Waals surface area contributed by atoms with Crippen LogP contribution in [-0.4, -0.2) is 25.8 Å². The predicted octanol–water partition coefficient (Wildman–Crippen LogP) is 1.43. The number of hydrogen-bond donors (Lipinski definition) is 1. The Balaban J connectivity index is 2.82. The Kier molecular flexibility index (Phi) is 1.99. The summed E-state index contributed by atoms with van der Waals surface area (Å²) < 4.78 is 2.11. The molecule has 2 aromatic rings. The standard InChI is InChI=1S/C8H6BrN3O2/c1-12-6-2-5(8(13)14)11-7(9)4(6)3-10-12/h2-3H,1H3,(H,13,14). The van der Waals surface area contributed by atoms with E-state index < -0.39 is 5.97 Å². The summed E-state index contributed by atoms with van der Waals surface area (Å²) in [6.07, 6.45) is 1.64.